The Hall–Kier alpha value is -1.83. The van der Waals surface area contributed by atoms with Gasteiger partial charge in [0.15, 0.2) is 0 Å². The third kappa shape index (κ3) is 5.34. The number of ether oxygens (including phenoxy) is 1. The number of nitrogens with one attached hydrogen (secondary N) is 1. The highest BCUT2D eigenvalue weighted by molar-refractivity contribution is 8.00. The summed E-state index contributed by atoms with van der Waals surface area (Å²) >= 11 is 2.73. The zero-order chi connectivity index (χ0) is 19.2. The number of aliphatic hydroxyl groups is 1. The third-order valence-corrected chi connectivity index (χ3v) is 6.19. The number of amides is 1. The van der Waals surface area contributed by atoms with Crippen molar-refractivity contribution in [1.82, 2.24) is 0 Å². The van der Waals surface area contributed by atoms with Crippen LogP contribution in [0, 0.1) is 0 Å². The van der Waals surface area contributed by atoms with Gasteiger partial charge >= 0.3 is 5.97 Å². The van der Waals surface area contributed by atoms with Crippen molar-refractivity contribution in [3.8, 4) is 0 Å². The number of carbonyl (C=O) groups is 2. The van der Waals surface area contributed by atoms with Crippen LogP contribution >= 0.6 is 23.1 Å². The standard InChI is InChI=1S/C20H23NO4S2/c1-2-25-20(24)18-15(13-8-9-13)10-27-19(18)21-17(23)12-26-11-16(22)14-6-4-3-5-7-14/h3-7,10,13,16,22H,2,8-9,11-12H2,1H3,(H,21,23). The number of benzene rings is 1. The van der Waals surface area contributed by atoms with Gasteiger partial charge in [-0.15, -0.1) is 23.1 Å². The van der Waals surface area contributed by atoms with Crippen molar-refractivity contribution in [2.45, 2.75) is 31.8 Å². The van der Waals surface area contributed by atoms with Crippen LogP contribution in [-0.4, -0.2) is 35.1 Å². The Morgan fingerprint density at radius 1 is 1.33 bits per heavy atom. The van der Waals surface area contributed by atoms with Crippen LogP contribution in [0.1, 0.15) is 53.3 Å². The fourth-order valence-corrected chi connectivity index (χ4v) is 4.61. The van der Waals surface area contributed by atoms with Crippen LogP contribution in [0.4, 0.5) is 5.00 Å². The van der Waals surface area contributed by atoms with Gasteiger partial charge in [0.2, 0.25) is 5.91 Å². The minimum atomic E-state index is -0.609. The molecular weight excluding hydrogens is 382 g/mol. The van der Waals surface area contributed by atoms with E-state index in [0.717, 1.165) is 24.0 Å². The summed E-state index contributed by atoms with van der Waals surface area (Å²) < 4.78 is 5.17. The number of rotatable bonds is 9. The molecule has 1 aliphatic rings. The Kier molecular flexibility index (Phi) is 6.93. The molecule has 2 aromatic rings. The summed E-state index contributed by atoms with van der Waals surface area (Å²) in [7, 11) is 0. The third-order valence-electron chi connectivity index (χ3n) is 4.26. The van der Waals surface area contributed by atoms with E-state index in [4.69, 9.17) is 4.74 Å². The predicted molar refractivity (Wildman–Crippen MR) is 110 cm³/mol. The lowest BCUT2D eigenvalue weighted by Gasteiger charge is -2.11. The van der Waals surface area contributed by atoms with Crippen molar-refractivity contribution < 1.29 is 19.4 Å². The van der Waals surface area contributed by atoms with E-state index in [2.05, 4.69) is 5.32 Å². The minimum Gasteiger partial charge on any atom is -0.462 e. The molecule has 0 bridgehead atoms. The van der Waals surface area contributed by atoms with Crippen molar-refractivity contribution >= 4 is 40.0 Å². The highest BCUT2D eigenvalue weighted by Crippen LogP contribution is 2.46. The summed E-state index contributed by atoms with van der Waals surface area (Å²) in [6, 6.07) is 9.38. The van der Waals surface area contributed by atoms with Crippen molar-refractivity contribution in [2.24, 2.45) is 0 Å². The monoisotopic (exact) mass is 405 g/mol. The molecule has 0 radical (unpaired) electrons. The van der Waals surface area contributed by atoms with Gasteiger partial charge in [0.05, 0.1) is 24.0 Å². The van der Waals surface area contributed by atoms with Crippen LogP contribution in [0.5, 0.6) is 0 Å². The van der Waals surface area contributed by atoms with Gasteiger partial charge in [-0.2, -0.15) is 0 Å². The Morgan fingerprint density at radius 2 is 2.07 bits per heavy atom. The highest BCUT2D eigenvalue weighted by atomic mass is 32.2. The van der Waals surface area contributed by atoms with Crippen LogP contribution < -0.4 is 5.32 Å². The second-order valence-corrected chi connectivity index (χ2v) is 8.29. The average Bonchev–Trinajstić information content (AvgIpc) is 3.43. The Bertz CT molecular complexity index is 787. The van der Waals surface area contributed by atoms with E-state index in [-0.39, 0.29) is 17.6 Å². The lowest BCUT2D eigenvalue weighted by atomic mass is 10.1. The number of anilines is 1. The van der Waals surface area contributed by atoms with Crippen LogP contribution in [0.3, 0.4) is 0 Å². The van der Waals surface area contributed by atoms with Crippen LogP contribution in [0.2, 0.25) is 0 Å². The molecule has 1 heterocycles. The molecule has 1 aliphatic carbocycles. The van der Waals surface area contributed by atoms with E-state index < -0.39 is 6.10 Å². The summed E-state index contributed by atoms with van der Waals surface area (Å²) in [6.45, 7) is 2.08. The van der Waals surface area contributed by atoms with Crippen LogP contribution in [-0.2, 0) is 9.53 Å². The zero-order valence-electron chi connectivity index (χ0n) is 15.1. The molecule has 1 amide bonds. The van der Waals surface area contributed by atoms with Crippen molar-refractivity contribution in [2.75, 3.05) is 23.4 Å². The summed E-state index contributed by atoms with van der Waals surface area (Å²) in [6.07, 6.45) is 1.54. The van der Waals surface area contributed by atoms with Gasteiger partial charge in [-0.3, -0.25) is 4.79 Å². The summed E-state index contributed by atoms with van der Waals surface area (Å²) in [5.74, 6) is 0.489. The molecule has 144 valence electrons. The largest absolute Gasteiger partial charge is 0.462 e. The smallest absolute Gasteiger partial charge is 0.341 e. The number of hydrogen-bond acceptors (Lipinski definition) is 6. The molecule has 1 saturated carbocycles. The van der Waals surface area contributed by atoms with E-state index in [1.807, 2.05) is 35.7 Å². The SMILES string of the molecule is CCOC(=O)c1c(C2CC2)csc1NC(=O)CSCC(O)c1ccccc1. The van der Waals surface area contributed by atoms with Crippen molar-refractivity contribution in [3.63, 3.8) is 0 Å². The van der Waals surface area contributed by atoms with Gasteiger partial charge in [-0.25, -0.2) is 4.79 Å². The van der Waals surface area contributed by atoms with E-state index in [1.54, 1.807) is 6.92 Å². The molecule has 1 unspecified atom stereocenters. The lowest BCUT2D eigenvalue weighted by molar-refractivity contribution is -0.113. The first-order valence-electron chi connectivity index (χ1n) is 8.99. The van der Waals surface area contributed by atoms with Crippen molar-refractivity contribution in [3.05, 3.63) is 52.4 Å². The minimum absolute atomic E-state index is 0.185. The fraction of sp³-hybridized carbons (Fsp3) is 0.400. The van der Waals surface area contributed by atoms with Gasteiger partial charge in [-0.1, -0.05) is 30.3 Å². The van der Waals surface area contributed by atoms with Crippen LogP contribution in [0.25, 0.3) is 0 Å². The number of hydrogen-bond donors (Lipinski definition) is 2. The number of thioether (sulfide) groups is 1. The molecule has 2 N–H and O–H groups in total. The van der Waals surface area contributed by atoms with E-state index in [1.165, 1.54) is 23.1 Å². The van der Waals surface area contributed by atoms with Gasteiger partial charge in [0.25, 0.3) is 0 Å². The van der Waals surface area contributed by atoms with Gasteiger partial charge in [0, 0.05) is 5.75 Å². The number of carbonyl (C=O) groups excluding carboxylic acids is 2. The molecule has 0 aliphatic heterocycles. The van der Waals surface area contributed by atoms with Crippen molar-refractivity contribution in [1.29, 1.82) is 0 Å². The molecule has 1 aromatic carbocycles. The molecular formula is C20H23NO4S2. The zero-order valence-corrected chi connectivity index (χ0v) is 16.8. The second-order valence-electron chi connectivity index (χ2n) is 6.38. The number of esters is 1. The van der Waals surface area contributed by atoms with E-state index in [0.29, 0.717) is 28.8 Å². The van der Waals surface area contributed by atoms with Crippen LogP contribution in [0.15, 0.2) is 35.7 Å². The average molecular weight is 406 g/mol. The fourth-order valence-electron chi connectivity index (χ4n) is 2.77. The highest BCUT2D eigenvalue weighted by Gasteiger charge is 2.32. The number of thiophene rings is 1. The quantitative estimate of drug-likeness (QED) is 0.611. The molecule has 1 aromatic heterocycles. The molecule has 27 heavy (non-hydrogen) atoms. The molecule has 1 fully saturated rings. The van der Waals surface area contributed by atoms with E-state index in [9.17, 15) is 14.7 Å². The maximum atomic E-state index is 12.3. The van der Waals surface area contributed by atoms with Gasteiger partial charge in [0.1, 0.15) is 5.00 Å². The number of aliphatic hydroxyl groups excluding tert-OH is 1. The first-order chi connectivity index (χ1) is 13.1. The van der Waals surface area contributed by atoms with E-state index >= 15 is 0 Å². The lowest BCUT2D eigenvalue weighted by Crippen LogP contribution is -2.17. The summed E-state index contributed by atoms with van der Waals surface area (Å²) in [4.78, 5) is 24.6. The molecule has 5 nitrogen and oxygen atoms in total. The molecule has 3 rings (SSSR count). The molecule has 7 heteroatoms. The van der Waals surface area contributed by atoms with Gasteiger partial charge in [-0.05, 0) is 42.2 Å². The first-order valence-corrected chi connectivity index (χ1v) is 11.0. The van der Waals surface area contributed by atoms with Gasteiger partial charge < -0.3 is 15.2 Å². The molecule has 0 saturated heterocycles. The summed E-state index contributed by atoms with van der Waals surface area (Å²) in [5.41, 5.74) is 2.33. The maximum absolute atomic E-state index is 12.3. The molecule has 0 spiro atoms. The topological polar surface area (TPSA) is 75.6 Å². The Labute approximate surface area is 167 Å². The predicted octanol–water partition coefficient (Wildman–Crippen LogP) is 4.21. The normalized spacial score (nSPS) is 14.6. The molecule has 1 atom stereocenters. The first kappa shape index (κ1) is 19.9. The Balaban J connectivity index is 1.55. The maximum Gasteiger partial charge on any atom is 0.341 e. The Morgan fingerprint density at radius 3 is 2.74 bits per heavy atom. The second kappa shape index (κ2) is 9.39. The summed E-state index contributed by atoms with van der Waals surface area (Å²) in [5, 5.41) is 15.5.